The highest BCUT2D eigenvalue weighted by molar-refractivity contribution is 7.98. The quantitative estimate of drug-likeness (QED) is 0.829. The lowest BCUT2D eigenvalue weighted by atomic mass is 10.2. The fourth-order valence-corrected chi connectivity index (χ4v) is 2.54. The van der Waals surface area contributed by atoms with Crippen LogP contribution in [0.4, 0.5) is 5.69 Å². The number of thioether (sulfide) groups is 1. The summed E-state index contributed by atoms with van der Waals surface area (Å²) in [7, 11) is 0. The Morgan fingerprint density at radius 2 is 1.83 bits per heavy atom. The number of benzene rings is 1. The number of amides is 1. The van der Waals surface area contributed by atoms with Gasteiger partial charge in [-0.05, 0) is 30.5 Å². The lowest BCUT2D eigenvalue weighted by molar-refractivity contribution is -0.129. The third-order valence-electron chi connectivity index (χ3n) is 3.24. The molecule has 1 fully saturated rings. The number of hydrogen-bond acceptors (Lipinski definition) is 4. The lowest BCUT2D eigenvalue weighted by Gasteiger charge is -2.36. The van der Waals surface area contributed by atoms with Gasteiger partial charge in [-0.15, -0.1) is 11.8 Å². The number of anilines is 1. The summed E-state index contributed by atoms with van der Waals surface area (Å²) in [6.07, 6.45) is 2.08. The third-order valence-corrected chi connectivity index (χ3v) is 3.99. The first-order chi connectivity index (χ1) is 8.74. The van der Waals surface area contributed by atoms with Crippen LogP contribution in [0.25, 0.3) is 0 Å². The smallest absolute Gasteiger partial charge is 0.236 e. The van der Waals surface area contributed by atoms with Gasteiger partial charge in [0.05, 0.1) is 6.54 Å². The average Bonchev–Trinajstić information content (AvgIpc) is 2.47. The number of carbonyl (C=O) groups is 1. The molecule has 0 aromatic heterocycles. The van der Waals surface area contributed by atoms with E-state index in [2.05, 4.69) is 35.4 Å². The SMILES string of the molecule is CSc1ccc(N2CCN(C(=O)CN)CC2)cc1. The lowest BCUT2D eigenvalue weighted by Crippen LogP contribution is -2.50. The molecule has 2 rings (SSSR count). The zero-order chi connectivity index (χ0) is 13.0. The van der Waals surface area contributed by atoms with E-state index >= 15 is 0 Å². The second-order valence-corrected chi connectivity index (χ2v) is 5.15. The fraction of sp³-hybridized carbons (Fsp3) is 0.462. The number of rotatable bonds is 3. The summed E-state index contributed by atoms with van der Waals surface area (Å²) in [6, 6.07) is 8.56. The Hall–Kier alpha value is -1.20. The van der Waals surface area contributed by atoms with Gasteiger partial charge in [0.15, 0.2) is 0 Å². The molecular formula is C13H19N3OS. The molecule has 5 heteroatoms. The van der Waals surface area contributed by atoms with E-state index in [0.717, 1.165) is 26.2 Å². The highest BCUT2D eigenvalue weighted by atomic mass is 32.2. The van der Waals surface area contributed by atoms with Gasteiger partial charge in [0.1, 0.15) is 0 Å². The standard InChI is InChI=1S/C13H19N3OS/c1-18-12-4-2-11(3-5-12)15-6-8-16(9-7-15)13(17)10-14/h2-5H,6-10,14H2,1H3. The number of nitrogens with zero attached hydrogens (tertiary/aromatic N) is 2. The molecule has 0 spiro atoms. The average molecular weight is 265 g/mol. The van der Waals surface area contributed by atoms with Gasteiger partial charge >= 0.3 is 0 Å². The Morgan fingerprint density at radius 1 is 1.22 bits per heavy atom. The van der Waals surface area contributed by atoms with Crippen LogP contribution in [-0.2, 0) is 4.79 Å². The van der Waals surface area contributed by atoms with Crippen molar-refractivity contribution in [2.45, 2.75) is 4.90 Å². The van der Waals surface area contributed by atoms with E-state index in [1.807, 2.05) is 4.90 Å². The highest BCUT2D eigenvalue weighted by Crippen LogP contribution is 2.21. The van der Waals surface area contributed by atoms with E-state index in [1.165, 1.54) is 10.6 Å². The van der Waals surface area contributed by atoms with Crippen molar-refractivity contribution in [2.75, 3.05) is 43.9 Å². The molecule has 0 unspecified atom stereocenters. The van der Waals surface area contributed by atoms with Crippen LogP contribution >= 0.6 is 11.8 Å². The number of piperazine rings is 1. The van der Waals surface area contributed by atoms with Gasteiger partial charge < -0.3 is 15.5 Å². The molecule has 98 valence electrons. The normalized spacial score (nSPS) is 15.9. The van der Waals surface area contributed by atoms with Crippen molar-refractivity contribution in [1.29, 1.82) is 0 Å². The minimum atomic E-state index is 0.0485. The summed E-state index contributed by atoms with van der Waals surface area (Å²) in [6.45, 7) is 3.40. The Bertz CT molecular complexity index is 399. The molecular weight excluding hydrogens is 246 g/mol. The van der Waals surface area contributed by atoms with E-state index in [0.29, 0.717) is 0 Å². The van der Waals surface area contributed by atoms with Crippen LogP contribution in [0.1, 0.15) is 0 Å². The molecule has 0 radical (unpaired) electrons. The van der Waals surface area contributed by atoms with Crippen LogP contribution in [0.15, 0.2) is 29.2 Å². The van der Waals surface area contributed by atoms with Crippen molar-refractivity contribution in [3.05, 3.63) is 24.3 Å². The van der Waals surface area contributed by atoms with Crippen molar-refractivity contribution in [1.82, 2.24) is 4.90 Å². The van der Waals surface area contributed by atoms with Crippen LogP contribution < -0.4 is 10.6 Å². The maximum absolute atomic E-state index is 11.5. The molecule has 0 saturated carbocycles. The van der Waals surface area contributed by atoms with Crippen molar-refractivity contribution in [3.8, 4) is 0 Å². The summed E-state index contributed by atoms with van der Waals surface area (Å²) in [4.78, 5) is 16.9. The molecule has 1 aromatic carbocycles. The first-order valence-corrected chi connectivity index (χ1v) is 7.34. The zero-order valence-corrected chi connectivity index (χ0v) is 11.4. The van der Waals surface area contributed by atoms with E-state index in [9.17, 15) is 4.79 Å². The molecule has 1 saturated heterocycles. The third kappa shape index (κ3) is 2.97. The maximum Gasteiger partial charge on any atom is 0.236 e. The summed E-state index contributed by atoms with van der Waals surface area (Å²) in [5.41, 5.74) is 6.60. The number of nitrogens with two attached hydrogens (primary N) is 1. The minimum Gasteiger partial charge on any atom is -0.368 e. The summed E-state index contributed by atoms with van der Waals surface area (Å²) < 4.78 is 0. The molecule has 0 bridgehead atoms. The van der Waals surface area contributed by atoms with Crippen molar-refractivity contribution < 1.29 is 4.79 Å². The van der Waals surface area contributed by atoms with Crippen LogP contribution in [0.2, 0.25) is 0 Å². The Balaban J connectivity index is 1.94. The summed E-state index contributed by atoms with van der Waals surface area (Å²) >= 11 is 1.75. The van der Waals surface area contributed by atoms with Gasteiger partial charge in [0, 0.05) is 36.8 Å². The zero-order valence-electron chi connectivity index (χ0n) is 10.6. The summed E-state index contributed by atoms with van der Waals surface area (Å²) in [5.74, 6) is 0.0485. The fourth-order valence-electron chi connectivity index (χ4n) is 2.14. The highest BCUT2D eigenvalue weighted by Gasteiger charge is 2.19. The van der Waals surface area contributed by atoms with Crippen molar-refractivity contribution >= 4 is 23.4 Å². The molecule has 1 aliphatic heterocycles. The predicted molar refractivity (Wildman–Crippen MR) is 76.1 cm³/mol. The summed E-state index contributed by atoms with van der Waals surface area (Å²) in [5, 5.41) is 0. The molecule has 2 N–H and O–H groups in total. The minimum absolute atomic E-state index is 0.0485. The molecule has 0 aliphatic carbocycles. The Kier molecular flexibility index (Phi) is 4.49. The Morgan fingerprint density at radius 3 is 2.33 bits per heavy atom. The molecule has 1 aromatic rings. The topological polar surface area (TPSA) is 49.6 Å². The second-order valence-electron chi connectivity index (χ2n) is 4.27. The molecule has 1 aliphatic rings. The van der Waals surface area contributed by atoms with E-state index in [-0.39, 0.29) is 12.5 Å². The van der Waals surface area contributed by atoms with Gasteiger partial charge in [-0.25, -0.2) is 0 Å². The first kappa shape index (κ1) is 13.2. The van der Waals surface area contributed by atoms with Gasteiger partial charge in [-0.1, -0.05) is 0 Å². The molecule has 18 heavy (non-hydrogen) atoms. The molecule has 1 heterocycles. The molecule has 1 amide bonds. The van der Waals surface area contributed by atoms with Crippen molar-refractivity contribution in [3.63, 3.8) is 0 Å². The Labute approximate surface area is 112 Å². The van der Waals surface area contributed by atoms with Gasteiger partial charge in [-0.3, -0.25) is 4.79 Å². The second kappa shape index (κ2) is 6.11. The van der Waals surface area contributed by atoms with Gasteiger partial charge in [0.2, 0.25) is 5.91 Å². The van der Waals surface area contributed by atoms with E-state index in [4.69, 9.17) is 5.73 Å². The number of hydrogen-bond donors (Lipinski definition) is 1. The van der Waals surface area contributed by atoms with E-state index in [1.54, 1.807) is 11.8 Å². The number of carbonyl (C=O) groups excluding carboxylic acids is 1. The van der Waals surface area contributed by atoms with Crippen LogP contribution in [0, 0.1) is 0 Å². The molecule has 0 atom stereocenters. The van der Waals surface area contributed by atoms with Crippen LogP contribution in [0.3, 0.4) is 0 Å². The maximum atomic E-state index is 11.5. The largest absolute Gasteiger partial charge is 0.368 e. The van der Waals surface area contributed by atoms with Gasteiger partial charge in [-0.2, -0.15) is 0 Å². The molecule has 4 nitrogen and oxygen atoms in total. The van der Waals surface area contributed by atoms with E-state index < -0.39 is 0 Å². The van der Waals surface area contributed by atoms with Crippen molar-refractivity contribution in [2.24, 2.45) is 5.73 Å². The van der Waals surface area contributed by atoms with Crippen LogP contribution in [-0.4, -0.2) is 49.8 Å². The monoisotopic (exact) mass is 265 g/mol. The van der Waals surface area contributed by atoms with Crippen LogP contribution in [0.5, 0.6) is 0 Å². The first-order valence-electron chi connectivity index (χ1n) is 6.11. The predicted octanol–water partition coefficient (Wildman–Crippen LogP) is 1.02. The van der Waals surface area contributed by atoms with Gasteiger partial charge in [0.25, 0.3) is 0 Å².